The zero-order chi connectivity index (χ0) is 12.3. The van der Waals surface area contributed by atoms with Crippen LogP contribution in [0.5, 0.6) is 5.88 Å². The van der Waals surface area contributed by atoms with E-state index in [-0.39, 0.29) is 5.97 Å². The van der Waals surface area contributed by atoms with Crippen LogP contribution in [0, 0.1) is 0 Å². The molecule has 88 valence electrons. The molecule has 7 nitrogen and oxygen atoms in total. The highest BCUT2D eigenvalue weighted by atomic mass is 32.2. The summed E-state index contributed by atoms with van der Waals surface area (Å²) < 4.78 is 8.26. The Kier molecular flexibility index (Phi) is 3.33. The van der Waals surface area contributed by atoms with Crippen molar-refractivity contribution in [2.24, 2.45) is 7.05 Å². The van der Waals surface area contributed by atoms with E-state index in [0.717, 1.165) is 0 Å². The third kappa shape index (κ3) is 2.78. The van der Waals surface area contributed by atoms with Gasteiger partial charge in [-0.1, -0.05) is 9.07 Å². The van der Waals surface area contributed by atoms with Crippen LogP contribution >= 0.6 is 11.9 Å². The van der Waals surface area contributed by atoms with E-state index < -0.39 is 0 Å². The van der Waals surface area contributed by atoms with Crippen LogP contribution < -0.4 is 8.71 Å². The lowest BCUT2D eigenvalue weighted by molar-refractivity contribution is -0.503. The van der Waals surface area contributed by atoms with E-state index in [1.54, 1.807) is 29.3 Å². The lowest BCUT2D eigenvalue weighted by Crippen LogP contribution is -2.29. The van der Waals surface area contributed by atoms with Crippen molar-refractivity contribution in [3.8, 4) is 5.88 Å². The van der Waals surface area contributed by atoms with E-state index in [4.69, 9.17) is 4.74 Å². The molecule has 2 aromatic rings. The van der Waals surface area contributed by atoms with Gasteiger partial charge < -0.3 is 4.74 Å². The normalized spacial score (nSPS) is 10.2. The lowest BCUT2D eigenvalue weighted by Gasteiger charge is -1.98. The average Bonchev–Trinajstić information content (AvgIpc) is 2.67. The highest BCUT2D eigenvalue weighted by Crippen LogP contribution is 2.13. The monoisotopic (exact) mass is 252 g/mol. The number of tetrazole rings is 1. The fourth-order valence-corrected chi connectivity index (χ4v) is 1.82. The van der Waals surface area contributed by atoms with Crippen molar-refractivity contribution in [2.75, 3.05) is 0 Å². The average molecular weight is 252 g/mol. The van der Waals surface area contributed by atoms with Crippen molar-refractivity contribution < 1.29 is 13.5 Å². The summed E-state index contributed by atoms with van der Waals surface area (Å²) in [6, 6.07) is 5.30. The third-order valence-corrected chi connectivity index (χ3v) is 2.81. The lowest BCUT2D eigenvalue weighted by atomic mass is 10.5. The maximum atomic E-state index is 10.9. The summed E-state index contributed by atoms with van der Waals surface area (Å²) in [7, 11) is 1.73. The molecular weight excluding hydrogens is 242 g/mol. The summed E-state index contributed by atoms with van der Waals surface area (Å²) in [5.41, 5.74) is 0. The van der Waals surface area contributed by atoms with Gasteiger partial charge in [0, 0.05) is 20.0 Å². The molecule has 0 N–H and O–H groups in total. The second kappa shape index (κ2) is 4.91. The Morgan fingerprint density at radius 2 is 2.35 bits per heavy atom. The molecule has 0 aliphatic carbocycles. The molecule has 0 aliphatic rings. The Labute approximate surface area is 102 Å². The van der Waals surface area contributed by atoms with Crippen molar-refractivity contribution in [2.45, 2.75) is 12.1 Å². The molecule has 0 spiro atoms. The largest absolute Gasteiger partial charge is 0.389 e. The van der Waals surface area contributed by atoms with Crippen LogP contribution in [0.15, 0.2) is 29.6 Å². The molecule has 2 heterocycles. The van der Waals surface area contributed by atoms with Crippen molar-refractivity contribution >= 4 is 17.9 Å². The minimum atomic E-state index is -0.373. The van der Waals surface area contributed by atoms with Gasteiger partial charge in [0.05, 0.1) is 6.07 Å². The number of aromatic nitrogens is 5. The van der Waals surface area contributed by atoms with Gasteiger partial charge in [-0.05, 0) is 16.5 Å². The summed E-state index contributed by atoms with van der Waals surface area (Å²) in [6.45, 7) is 1.35. The van der Waals surface area contributed by atoms with Crippen molar-refractivity contribution in [1.82, 2.24) is 20.2 Å². The molecule has 2 aromatic heterocycles. The summed E-state index contributed by atoms with van der Waals surface area (Å²) in [5.74, 6) is 0.0506. The third-order valence-electron chi connectivity index (χ3n) is 1.80. The maximum absolute atomic E-state index is 10.9. The van der Waals surface area contributed by atoms with E-state index in [1.165, 1.54) is 23.6 Å². The minimum Gasteiger partial charge on any atom is -0.370 e. The van der Waals surface area contributed by atoms with Gasteiger partial charge in [0.2, 0.25) is 11.9 Å². The molecule has 8 heteroatoms. The molecule has 0 saturated carbocycles. The topological polar surface area (TPSA) is 73.8 Å². The van der Waals surface area contributed by atoms with E-state index >= 15 is 0 Å². The molecule has 0 amide bonds. The fourth-order valence-electron chi connectivity index (χ4n) is 1.10. The summed E-state index contributed by atoms with van der Waals surface area (Å²) >= 11 is 1.26. The Bertz CT molecular complexity index is 542. The standard InChI is InChI=1S/C9H10N5O2S/c1-7(15)16-8-5-3-4-6-14(8)17-9-10-11-12-13(9)2/h3-6H,1-2H3/q+1. The van der Waals surface area contributed by atoms with Crippen molar-refractivity contribution in [3.63, 3.8) is 0 Å². The molecule has 2 rings (SSSR count). The van der Waals surface area contributed by atoms with Crippen LogP contribution in [0.2, 0.25) is 0 Å². The highest BCUT2D eigenvalue weighted by Gasteiger charge is 2.19. The van der Waals surface area contributed by atoms with Crippen molar-refractivity contribution in [1.29, 1.82) is 0 Å². The first-order valence-electron chi connectivity index (χ1n) is 4.76. The van der Waals surface area contributed by atoms with Gasteiger partial charge in [-0.15, -0.1) is 0 Å². The first-order valence-corrected chi connectivity index (χ1v) is 5.54. The van der Waals surface area contributed by atoms with Crippen LogP contribution in [-0.4, -0.2) is 26.2 Å². The van der Waals surface area contributed by atoms with Gasteiger partial charge in [0.1, 0.15) is 0 Å². The van der Waals surface area contributed by atoms with Crippen LogP contribution in [0.4, 0.5) is 0 Å². The number of aryl methyl sites for hydroxylation is 1. The molecule has 0 aromatic carbocycles. The second-order valence-corrected chi connectivity index (χ2v) is 4.08. The molecule has 0 aliphatic heterocycles. The first kappa shape index (κ1) is 11.5. The molecule has 0 radical (unpaired) electrons. The fraction of sp³-hybridized carbons (Fsp3) is 0.222. The van der Waals surface area contributed by atoms with E-state index in [0.29, 0.717) is 11.0 Å². The second-order valence-electron chi connectivity index (χ2n) is 3.13. The molecule has 0 bridgehead atoms. The van der Waals surface area contributed by atoms with Gasteiger partial charge in [0.15, 0.2) is 6.20 Å². The number of pyridine rings is 1. The Morgan fingerprint density at radius 3 is 3.00 bits per heavy atom. The van der Waals surface area contributed by atoms with Gasteiger partial charge in [-0.25, -0.2) is 4.68 Å². The minimum absolute atomic E-state index is 0.373. The molecule has 0 atom stereocenters. The summed E-state index contributed by atoms with van der Waals surface area (Å²) in [6.07, 6.45) is 1.76. The van der Waals surface area contributed by atoms with Crippen LogP contribution in [0.1, 0.15) is 6.92 Å². The van der Waals surface area contributed by atoms with Crippen molar-refractivity contribution in [3.05, 3.63) is 24.4 Å². The Morgan fingerprint density at radius 1 is 1.53 bits per heavy atom. The first-order chi connectivity index (χ1) is 8.16. The molecule has 0 unspecified atom stereocenters. The van der Waals surface area contributed by atoms with E-state index in [9.17, 15) is 4.79 Å². The number of hydrogen-bond acceptors (Lipinski definition) is 6. The van der Waals surface area contributed by atoms with Crippen LogP contribution in [0.25, 0.3) is 0 Å². The van der Waals surface area contributed by atoms with Gasteiger partial charge in [0.25, 0.3) is 5.16 Å². The molecule has 0 saturated heterocycles. The predicted octanol–water partition coefficient (Wildman–Crippen LogP) is -0.0217. The zero-order valence-electron chi connectivity index (χ0n) is 9.27. The molecule has 17 heavy (non-hydrogen) atoms. The van der Waals surface area contributed by atoms with Gasteiger partial charge in [-0.2, -0.15) is 0 Å². The number of esters is 1. The van der Waals surface area contributed by atoms with E-state index in [2.05, 4.69) is 15.5 Å². The maximum Gasteiger partial charge on any atom is 0.389 e. The summed E-state index contributed by atoms with van der Waals surface area (Å²) in [5, 5.41) is 11.7. The van der Waals surface area contributed by atoms with Gasteiger partial charge >= 0.3 is 11.8 Å². The Balaban J connectivity index is 2.26. The molecule has 0 fully saturated rings. The number of carbonyl (C=O) groups is 1. The SMILES string of the molecule is CC(=O)Oc1cccc[n+]1Sc1nnnn1C. The Hall–Kier alpha value is -1.96. The van der Waals surface area contributed by atoms with Gasteiger partial charge in [-0.3, -0.25) is 4.79 Å². The van der Waals surface area contributed by atoms with Crippen LogP contribution in [0.3, 0.4) is 0 Å². The summed E-state index contributed by atoms with van der Waals surface area (Å²) in [4.78, 5) is 10.9. The number of carbonyl (C=O) groups excluding carboxylic acids is 1. The smallest absolute Gasteiger partial charge is 0.370 e. The number of hydrogen-bond donors (Lipinski definition) is 0. The highest BCUT2D eigenvalue weighted by molar-refractivity contribution is 7.92. The van der Waals surface area contributed by atoms with E-state index in [1.807, 2.05) is 6.07 Å². The van der Waals surface area contributed by atoms with Crippen LogP contribution in [-0.2, 0) is 11.8 Å². The molecular formula is C9H10N5O2S+. The quantitative estimate of drug-likeness (QED) is 0.564. The number of nitrogens with zero attached hydrogens (tertiary/aromatic N) is 5. The zero-order valence-corrected chi connectivity index (χ0v) is 10.1. The predicted molar refractivity (Wildman–Crippen MR) is 58.0 cm³/mol. The number of rotatable bonds is 3. The number of ether oxygens (including phenoxy) is 1.